The van der Waals surface area contributed by atoms with Crippen LogP contribution in [0.4, 0.5) is 0 Å². The standard InChI is InChI=1S/C16H23N3O/c1-4-17-16(12-19-13(3)10-11-18-19)14-6-8-15(9-7-14)20-5-2/h6-11,16-17H,4-5,12H2,1-3H3. The van der Waals surface area contributed by atoms with Crippen LogP contribution in [-0.2, 0) is 6.54 Å². The molecule has 0 aliphatic carbocycles. The van der Waals surface area contributed by atoms with Crippen molar-refractivity contribution in [1.82, 2.24) is 15.1 Å². The van der Waals surface area contributed by atoms with Crippen molar-refractivity contribution in [2.75, 3.05) is 13.2 Å². The van der Waals surface area contributed by atoms with E-state index in [1.165, 1.54) is 11.3 Å². The summed E-state index contributed by atoms with van der Waals surface area (Å²) < 4.78 is 7.52. The number of likely N-dealkylation sites (N-methyl/N-ethyl adjacent to an activating group) is 1. The van der Waals surface area contributed by atoms with Crippen LogP contribution in [0.25, 0.3) is 0 Å². The maximum Gasteiger partial charge on any atom is 0.119 e. The minimum absolute atomic E-state index is 0.259. The molecule has 0 aliphatic heterocycles. The van der Waals surface area contributed by atoms with Gasteiger partial charge >= 0.3 is 0 Å². The molecule has 0 saturated carbocycles. The second-order valence-corrected chi connectivity index (χ2v) is 4.77. The summed E-state index contributed by atoms with van der Waals surface area (Å²) in [5, 5.41) is 7.88. The third-order valence-electron chi connectivity index (χ3n) is 3.33. The second kappa shape index (κ2) is 7.10. The van der Waals surface area contributed by atoms with E-state index in [1.807, 2.05) is 36.0 Å². The molecule has 1 N–H and O–H groups in total. The summed E-state index contributed by atoms with van der Waals surface area (Å²) in [6, 6.07) is 10.6. The summed E-state index contributed by atoms with van der Waals surface area (Å²) in [4.78, 5) is 0. The molecule has 1 unspecified atom stereocenters. The number of nitrogens with one attached hydrogen (secondary N) is 1. The quantitative estimate of drug-likeness (QED) is 0.843. The average molecular weight is 273 g/mol. The van der Waals surface area contributed by atoms with Crippen LogP contribution in [0, 0.1) is 6.92 Å². The second-order valence-electron chi connectivity index (χ2n) is 4.77. The zero-order valence-electron chi connectivity index (χ0n) is 12.5. The molecule has 0 aliphatic rings. The van der Waals surface area contributed by atoms with E-state index in [1.54, 1.807) is 0 Å². The minimum Gasteiger partial charge on any atom is -0.494 e. The zero-order chi connectivity index (χ0) is 14.4. The van der Waals surface area contributed by atoms with Crippen molar-refractivity contribution in [2.45, 2.75) is 33.4 Å². The van der Waals surface area contributed by atoms with Gasteiger partial charge in [0.1, 0.15) is 5.75 Å². The molecule has 1 atom stereocenters. The number of aromatic nitrogens is 2. The fourth-order valence-corrected chi connectivity index (χ4v) is 2.26. The molecule has 1 aromatic heterocycles. The van der Waals surface area contributed by atoms with Gasteiger partial charge < -0.3 is 10.1 Å². The SMILES string of the molecule is CCNC(Cn1nccc1C)c1ccc(OCC)cc1. The zero-order valence-corrected chi connectivity index (χ0v) is 12.5. The Bertz CT molecular complexity index is 519. The summed E-state index contributed by atoms with van der Waals surface area (Å²) in [5.41, 5.74) is 2.43. The lowest BCUT2D eigenvalue weighted by Crippen LogP contribution is -2.26. The molecule has 0 fully saturated rings. The van der Waals surface area contributed by atoms with E-state index in [2.05, 4.69) is 36.4 Å². The maximum atomic E-state index is 5.49. The Hall–Kier alpha value is -1.81. The topological polar surface area (TPSA) is 39.1 Å². The van der Waals surface area contributed by atoms with E-state index in [-0.39, 0.29) is 6.04 Å². The maximum absolute atomic E-state index is 5.49. The first kappa shape index (κ1) is 14.6. The van der Waals surface area contributed by atoms with Crippen LogP contribution in [0.2, 0.25) is 0 Å². The number of ether oxygens (including phenoxy) is 1. The molecule has 1 heterocycles. The van der Waals surface area contributed by atoms with E-state index in [0.717, 1.165) is 18.8 Å². The summed E-state index contributed by atoms with van der Waals surface area (Å²) in [6.45, 7) is 8.66. The molecular weight excluding hydrogens is 250 g/mol. The molecule has 4 nitrogen and oxygen atoms in total. The number of nitrogens with zero attached hydrogens (tertiary/aromatic N) is 2. The van der Waals surface area contributed by atoms with Crippen molar-refractivity contribution in [3.05, 3.63) is 47.8 Å². The van der Waals surface area contributed by atoms with Crippen molar-refractivity contribution < 1.29 is 4.74 Å². The monoisotopic (exact) mass is 273 g/mol. The first-order chi connectivity index (χ1) is 9.74. The Morgan fingerprint density at radius 1 is 1.20 bits per heavy atom. The minimum atomic E-state index is 0.259. The average Bonchev–Trinajstić information content (AvgIpc) is 2.85. The van der Waals surface area contributed by atoms with E-state index in [4.69, 9.17) is 4.74 Å². The number of aryl methyl sites for hydroxylation is 1. The molecule has 0 saturated heterocycles. The fraction of sp³-hybridized carbons (Fsp3) is 0.438. The molecule has 0 spiro atoms. The van der Waals surface area contributed by atoms with Crippen LogP contribution in [0.3, 0.4) is 0 Å². The van der Waals surface area contributed by atoms with Crippen molar-refractivity contribution >= 4 is 0 Å². The number of rotatable bonds is 7. The highest BCUT2D eigenvalue weighted by molar-refractivity contribution is 5.29. The Balaban J connectivity index is 2.13. The molecule has 2 rings (SSSR count). The smallest absolute Gasteiger partial charge is 0.119 e. The van der Waals surface area contributed by atoms with Gasteiger partial charge in [-0.3, -0.25) is 4.68 Å². The van der Waals surface area contributed by atoms with Gasteiger partial charge in [0.15, 0.2) is 0 Å². The highest BCUT2D eigenvalue weighted by Crippen LogP contribution is 2.19. The van der Waals surface area contributed by atoms with Crippen LogP contribution in [0.1, 0.15) is 31.1 Å². The van der Waals surface area contributed by atoms with Gasteiger partial charge in [0.25, 0.3) is 0 Å². The largest absolute Gasteiger partial charge is 0.494 e. The lowest BCUT2D eigenvalue weighted by Gasteiger charge is -2.19. The lowest BCUT2D eigenvalue weighted by atomic mass is 10.1. The first-order valence-electron chi connectivity index (χ1n) is 7.19. The van der Waals surface area contributed by atoms with Gasteiger partial charge in [0.2, 0.25) is 0 Å². The molecule has 0 bridgehead atoms. The lowest BCUT2D eigenvalue weighted by molar-refractivity contribution is 0.340. The predicted molar refractivity (Wildman–Crippen MR) is 81.0 cm³/mol. The van der Waals surface area contributed by atoms with Crippen LogP contribution in [0.15, 0.2) is 36.5 Å². The number of benzene rings is 1. The normalized spacial score (nSPS) is 12.3. The van der Waals surface area contributed by atoms with Gasteiger partial charge in [-0.05, 0) is 44.2 Å². The first-order valence-corrected chi connectivity index (χ1v) is 7.19. The van der Waals surface area contributed by atoms with Gasteiger partial charge in [-0.25, -0.2) is 0 Å². The van der Waals surface area contributed by atoms with Crippen LogP contribution in [-0.4, -0.2) is 22.9 Å². The van der Waals surface area contributed by atoms with Crippen LogP contribution >= 0.6 is 0 Å². The Kier molecular flexibility index (Phi) is 5.18. The van der Waals surface area contributed by atoms with E-state index in [0.29, 0.717) is 6.61 Å². The molecular formula is C16H23N3O. The van der Waals surface area contributed by atoms with Gasteiger partial charge in [-0.15, -0.1) is 0 Å². The van der Waals surface area contributed by atoms with E-state index < -0.39 is 0 Å². The van der Waals surface area contributed by atoms with Gasteiger partial charge in [0, 0.05) is 11.9 Å². The third-order valence-corrected chi connectivity index (χ3v) is 3.33. The van der Waals surface area contributed by atoms with Crippen LogP contribution < -0.4 is 10.1 Å². The third kappa shape index (κ3) is 3.61. The molecule has 0 radical (unpaired) electrons. The Morgan fingerprint density at radius 3 is 2.50 bits per heavy atom. The molecule has 1 aromatic carbocycles. The molecule has 4 heteroatoms. The van der Waals surface area contributed by atoms with Gasteiger partial charge in [-0.1, -0.05) is 19.1 Å². The summed E-state index contributed by atoms with van der Waals surface area (Å²) in [5.74, 6) is 0.918. The van der Waals surface area contributed by atoms with Crippen molar-refractivity contribution in [3.8, 4) is 5.75 Å². The van der Waals surface area contributed by atoms with Crippen molar-refractivity contribution in [3.63, 3.8) is 0 Å². The summed E-state index contributed by atoms with van der Waals surface area (Å²) in [6.07, 6.45) is 1.84. The predicted octanol–water partition coefficient (Wildman–Crippen LogP) is 2.94. The fourth-order valence-electron chi connectivity index (χ4n) is 2.26. The van der Waals surface area contributed by atoms with Gasteiger partial charge in [0.05, 0.1) is 19.2 Å². The van der Waals surface area contributed by atoms with E-state index >= 15 is 0 Å². The highest BCUT2D eigenvalue weighted by atomic mass is 16.5. The van der Waals surface area contributed by atoms with Crippen molar-refractivity contribution in [2.24, 2.45) is 0 Å². The summed E-state index contributed by atoms with van der Waals surface area (Å²) >= 11 is 0. The van der Waals surface area contributed by atoms with Crippen LogP contribution in [0.5, 0.6) is 5.75 Å². The molecule has 2 aromatic rings. The Morgan fingerprint density at radius 2 is 1.95 bits per heavy atom. The summed E-state index contributed by atoms with van der Waals surface area (Å²) in [7, 11) is 0. The molecule has 20 heavy (non-hydrogen) atoms. The molecule has 108 valence electrons. The molecule has 0 amide bonds. The van der Waals surface area contributed by atoms with E-state index in [9.17, 15) is 0 Å². The van der Waals surface area contributed by atoms with Crippen molar-refractivity contribution in [1.29, 1.82) is 0 Å². The number of hydrogen-bond donors (Lipinski definition) is 1. The van der Waals surface area contributed by atoms with Gasteiger partial charge in [-0.2, -0.15) is 5.10 Å². The number of hydrogen-bond acceptors (Lipinski definition) is 3. The highest BCUT2D eigenvalue weighted by Gasteiger charge is 2.12. The Labute approximate surface area is 120 Å².